The second kappa shape index (κ2) is 7.72. The fraction of sp³-hybridized carbons (Fsp3) is 0.571. The van der Waals surface area contributed by atoms with Gasteiger partial charge in [0.2, 0.25) is 20.0 Å². The summed E-state index contributed by atoms with van der Waals surface area (Å²) in [6.45, 7) is 0.622. The zero-order valence-electron chi connectivity index (χ0n) is 14.3. The van der Waals surface area contributed by atoms with Crippen molar-refractivity contribution in [1.82, 2.24) is 9.03 Å². The van der Waals surface area contributed by atoms with Crippen molar-refractivity contribution in [2.45, 2.75) is 22.6 Å². The number of halogens is 1. The molecule has 0 unspecified atom stereocenters. The van der Waals surface area contributed by atoms with Gasteiger partial charge in [-0.05, 0) is 37.0 Å². The molecule has 26 heavy (non-hydrogen) atoms. The number of nitrogens with one attached hydrogen (secondary N) is 1. The van der Waals surface area contributed by atoms with E-state index in [9.17, 15) is 25.3 Å². The lowest BCUT2D eigenvalue weighted by Gasteiger charge is -2.31. The average molecular weight is 445 g/mol. The van der Waals surface area contributed by atoms with Crippen LogP contribution in [0.3, 0.4) is 0 Å². The minimum Gasteiger partial charge on any atom is -0.224 e. The van der Waals surface area contributed by atoms with E-state index in [1.54, 1.807) is 0 Å². The van der Waals surface area contributed by atoms with E-state index in [1.807, 2.05) is 0 Å². The zero-order valence-corrected chi connectivity index (χ0v) is 17.5. The van der Waals surface area contributed by atoms with E-state index < -0.39 is 29.9 Å². The number of piperidine rings is 1. The lowest BCUT2D eigenvalue weighted by atomic mass is 9.99. The molecule has 0 atom stereocenters. The van der Waals surface area contributed by atoms with E-state index in [0.29, 0.717) is 12.8 Å². The molecular weight excluding hydrogens is 424 g/mol. The van der Waals surface area contributed by atoms with Crippen molar-refractivity contribution in [3.8, 4) is 0 Å². The number of hydrogen-bond acceptors (Lipinski definition) is 6. The van der Waals surface area contributed by atoms with Gasteiger partial charge >= 0.3 is 0 Å². The van der Waals surface area contributed by atoms with Crippen molar-refractivity contribution in [2.24, 2.45) is 5.92 Å². The summed E-state index contributed by atoms with van der Waals surface area (Å²) in [5, 5.41) is 0.134. The normalized spacial score (nSPS) is 18.1. The Morgan fingerprint density at radius 1 is 1.04 bits per heavy atom. The third-order valence-corrected chi connectivity index (χ3v) is 8.28. The monoisotopic (exact) mass is 444 g/mol. The minimum absolute atomic E-state index is 0.0239. The van der Waals surface area contributed by atoms with Crippen LogP contribution in [0.15, 0.2) is 28.0 Å². The molecule has 1 aliphatic heterocycles. The highest BCUT2D eigenvalue weighted by Crippen LogP contribution is 2.29. The van der Waals surface area contributed by atoms with E-state index in [4.69, 9.17) is 11.6 Å². The Labute approximate surface area is 159 Å². The molecule has 8 nitrogen and oxygen atoms in total. The third kappa shape index (κ3) is 5.40. The van der Waals surface area contributed by atoms with Gasteiger partial charge in [0.1, 0.15) is 4.90 Å². The van der Waals surface area contributed by atoms with Crippen LogP contribution in [0.5, 0.6) is 0 Å². The third-order valence-electron chi connectivity index (χ3n) is 4.13. The summed E-state index contributed by atoms with van der Waals surface area (Å²) in [6.07, 6.45) is 2.95. The van der Waals surface area contributed by atoms with Crippen LogP contribution in [0.2, 0.25) is 5.02 Å². The van der Waals surface area contributed by atoms with Crippen LogP contribution in [0.4, 0.5) is 0 Å². The number of sulfonamides is 2. The van der Waals surface area contributed by atoms with Gasteiger partial charge in [-0.3, -0.25) is 0 Å². The molecule has 0 aromatic heterocycles. The Bertz CT molecular complexity index is 982. The van der Waals surface area contributed by atoms with Gasteiger partial charge in [0.15, 0.2) is 9.84 Å². The predicted octanol–water partition coefficient (Wildman–Crippen LogP) is 0.693. The smallest absolute Gasteiger partial charge is 0.224 e. The Morgan fingerprint density at radius 2 is 1.62 bits per heavy atom. The molecule has 1 aromatic rings. The molecule has 148 valence electrons. The molecular formula is C14H21ClN2O6S3. The summed E-state index contributed by atoms with van der Waals surface area (Å²) in [4.78, 5) is -0.622. The van der Waals surface area contributed by atoms with Gasteiger partial charge in [-0.25, -0.2) is 30.0 Å². The number of rotatable bonds is 6. The zero-order chi connectivity index (χ0) is 19.8. The van der Waals surface area contributed by atoms with E-state index >= 15 is 0 Å². The molecule has 1 aromatic carbocycles. The first-order valence-electron chi connectivity index (χ1n) is 7.75. The van der Waals surface area contributed by atoms with Gasteiger partial charge in [-0.15, -0.1) is 0 Å². The molecule has 0 spiro atoms. The molecule has 0 amide bonds. The summed E-state index contributed by atoms with van der Waals surface area (Å²) in [5.74, 6) is 0.0239. The number of benzene rings is 1. The second-order valence-electron chi connectivity index (χ2n) is 6.33. The van der Waals surface area contributed by atoms with Crippen LogP contribution in [-0.2, 0) is 29.9 Å². The summed E-state index contributed by atoms with van der Waals surface area (Å²) in [5.41, 5.74) is 0. The van der Waals surface area contributed by atoms with Crippen LogP contribution in [0.25, 0.3) is 0 Å². The molecule has 1 fully saturated rings. The predicted molar refractivity (Wildman–Crippen MR) is 98.9 cm³/mol. The Kier molecular flexibility index (Phi) is 6.41. The molecule has 1 saturated heterocycles. The molecule has 1 N–H and O–H groups in total. The van der Waals surface area contributed by atoms with Crippen molar-refractivity contribution in [3.05, 3.63) is 23.2 Å². The van der Waals surface area contributed by atoms with Gasteiger partial charge in [-0.2, -0.15) is 4.31 Å². The SMILES string of the molecule is CS(=O)(=O)NCC1CCN(S(=O)(=O)c2ccc(Cl)cc2S(C)(=O)=O)CC1. The summed E-state index contributed by atoms with van der Waals surface area (Å²) in [6, 6.07) is 3.67. The summed E-state index contributed by atoms with van der Waals surface area (Å²) < 4.78 is 75.7. The Hall–Kier alpha value is -0.720. The highest BCUT2D eigenvalue weighted by Gasteiger charge is 2.33. The number of hydrogen-bond donors (Lipinski definition) is 1. The van der Waals surface area contributed by atoms with E-state index in [2.05, 4.69) is 4.72 Å². The van der Waals surface area contributed by atoms with Gasteiger partial charge in [0.05, 0.1) is 11.2 Å². The molecule has 0 bridgehead atoms. The molecule has 0 radical (unpaired) electrons. The molecule has 1 heterocycles. The lowest BCUT2D eigenvalue weighted by Crippen LogP contribution is -2.41. The fourth-order valence-corrected chi connectivity index (χ4v) is 6.59. The molecule has 12 heteroatoms. The quantitative estimate of drug-likeness (QED) is 0.689. The van der Waals surface area contributed by atoms with Crippen LogP contribution in [-0.4, -0.2) is 61.7 Å². The van der Waals surface area contributed by atoms with Crippen molar-refractivity contribution < 1.29 is 25.3 Å². The van der Waals surface area contributed by atoms with Crippen molar-refractivity contribution in [1.29, 1.82) is 0 Å². The first-order chi connectivity index (χ1) is 11.8. The van der Waals surface area contributed by atoms with Gasteiger partial charge < -0.3 is 0 Å². The number of sulfone groups is 1. The second-order valence-corrected chi connectivity index (χ2v) is 12.5. The van der Waals surface area contributed by atoms with Crippen LogP contribution < -0.4 is 4.72 Å². The van der Waals surface area contributed by atoms with Crippen molar-refractivity contribution >= 4 is 41.5 Å². The molecule has 2 rings (SSSR count). The lowest BCUT2D eigenvalue weighted by molar-refractivity contribution is 0.274. The largest absolute Gasteiger partial charge is 0.244 e. The number of nitrogens with zero attached hydrogens (tertiary/aromatic N) is 1. The minimum atomic E-state index is -4.00. The maximum atomic E-state index is 12.9. The fourth-order valence-electron chi connectivity index (χ4n) is 2.75. The van der Waals surface area contributed by atoms with E-state index in [0.717, 1.165) is 18.6 Å². The summed E-state index contributed by atoms with van der Waals surface area (Å²) in [7, 11) is -11.1. The van der Waals surface area contributed by atoms with Crippen LogP contribution >= 0.6 is 11.6 Å². The highest BCUT2D eigenvalue weighted by atomic mass is 35.5. The van der Waals surface area contributed by atoms with Crippen molar-refractivity contribution in [2.75, 3.05) is 32.1 Å². The molecule has 0 aliphatic carbocycles. The van der Waals surface area contributed by atoms with Gasteiger partial charge in [0.25, 0.3) is 0 Å². The average Bonchev–Trinajstić information content (AvgIpc) is 2.51. The Balaban J connectivity index is 2.21. The van der Waals surface area contributed by atoms with Crippen LogP contribution in [0.1, 0.15) is 12.8 Å². The summed E-state index contributed by atoms with van der Waals surface area (Å²) >= 11 is 5.82. The van der Waals surface area contributed by atoms with Crippen molar-refractivity contribution in [3.63, 3.8) is 0 Å². The first-order valence-corrected chi connectivity index (χ1v) is 13.4. The van der Waals surface area contributed by atoms with Crippen LogP contribution in [0, 0.1) is 5.92 Å². The van der Waals surface area contributed by atoms with E-state index in [1.165, 1.54) is 16.4 Å². The molecule has 0 saturated carbocycles. The molecule has 1 aliphatic rings. The van der Waals surface area contributed by atoms with E-state index in [-0.39, 0.29) is 40.4 Å². The highest BCUT2D eigenvalue weighted by molar-refractivity contribution is 7.93. The first kappa shape index (κ1) is 21.6. The Morgan fingerprint density at radius 3 is 2.12 bits per heavy atom. The van der Waals surface area contributed by atoms with Gasteiger partial charge in [0, 0.05) is 30.9 Å². The maximum Gasteiger partial charge on any atom is 0.244 e. The van der Waals surface area contributed by atoms with Gasteiger partial charge in [-0.1, -0.05) is 11.6 Å². The standard InChI is InChI=1S/C14H21ClN2O6S3/c1-24(18,19)14-9-12(15)3-4-13(14)26(22,23)17-7-5-11(6-8-17)10-16-25(2,20)21/h3-4,9,11,16H,5-8,10H2,1-2H3. The maximum absolute atomic E-state index is 12.9. The topological polar surface area (TPSA) is 118 Å².